The van der Waals surface area contributed by atoms with E-state index in [0.29, 0.717) is 0 Å². The Balaban J connectivity index is 2.49. The molecule has 2 nitrogen and oxygen atoms in total. The molecule has 0 bridgehead atoms. The normalized spacial score (nSPS) is 15.5. The van der Waals surface area contributed by atoms with Crippen LogP contribution in [0.5, 0.6) is 0 Å². The van der Waals surface area contributed by atoms with E-state index in [9.17, 15) is 0 Å². The zero-order chi connectivity index (χ0) is 7.84. The summed E-state index contributed by atoms with van der Waals surface area (Å²) in [5, 5.41) is 5.25. The molecule has 1 aromatic rings. The van der Waals surface area contributed by atoms with Crippen LogP contribution in [0.1, 0.15) is 24.6 Å². The molecule has 0 saturated heterocycles. The maximum absolute atomic E-state index is 6.07. The van der Waals surface area contributed by atoms with E-state index in [1.54, 1.807) is 0 Å². The van der Waals surface area contributed by atoms with E-state index in [1.807, 2.05) is 4.68 Å². The quantitative estimate of drug-likeness (QED) is 0.631. The van der Waals surface area contributed by atoms with Crippen LogP contribution in [0.25, 0.3) is 0 Å². The first kappa shape index (κ1) is 7.17. The molecule has 0 aliphatic heterocycles. The lowest BCUT2D eigenvalue weighted by molar-refractivity contribution is 0.641. The molecule has 0 N–H and O–H groups in total. The number of aryl methyl sites for hydroxylation is 2. The van der Waals surface area contributed by atoms with Gasteiger partial charge < -0.3 is 0 Å². The summed E-state index contributed by atoms with van der Waals surface area (Å²) in [4.78, 5) is 0. The smallest absolute Gasteiger partial charge is 0.130 e. The van der Waals surface area contributed by atoms with Crippen LogP contribution in [0, 0.1) is 0 Å². The molecule has 0 saturated carbocycles. The largest absolute Gasteiger partial charge is 0.254 e. The minimum absolute atomic E-state index is 0.861. The fourth-order valence-electron chi connectivity index (χ4n) is 1.62. The maximum atomic E-state index is 6.07. The first-order valence-corrected chi connectivity index (χ1v) is 4.44. The van der Waals surface area contributed by atoms with E-state index >= 15 is 0 Å². The molecule has 60 valence electrons. The van der Waals surface area contributed by atoms with E-state index < -0.39 is 0 Å². The fourth-order valence-corrected chi connectivity index (χ4v) is 1.98. The standard InChI is InChI=1S/C8H11ClN2/c1-2-11-8(9)6-4-3-5-7(6)10-11/h2-5H2,1H3. The zero-order valence-corrected chi connectivity index (χ0v) is 7.36. The monoisotopic (exact) mass is 170 g/mol. The van der Waals surface area contributed by atoms with Gasteiger partial charge in [-0.05, 0) is 26.2 Å². The van der Waals surface area contributed by atoms with E-state index in [4.69, 9.17) is 11.6 Å². The maximum Gasteiger partial charge on any atom is 0.130 e. The molecule has 1 aliphatic carbocycles. The fraction of sp³-hybridized carbons (Fsp3) is 0.625. The lowest BCUT2D eigenvalue weighted by atomic mass is 10.3. The van der Waals surface area contributed by atoms with Crippen LogP contribution in [0.3, 0.4) is 0 Å². The molecule has 0 amide bonds. The van der Waals surface area contributed by atoms with Gasteiger partial charge >= 0.3 is 0 Å². The van der Waals surface area contributed by atoms with E-state index in [0.717, 1.165) is 24.5 Å². The van der Waals surface area contributed by atoms with Gasteiger partial charge in [-0.2, -0.15) is 5.10 Å². The Hall–Kier alpha value is -0.500. The summed E-state index contributed by atoms with van der Waals surface area (Å²) < 4.78 is 1.88. The number of nitrogens with zero attached hydrogens (tertiary/aromatic N) is 2. The molecular formula is C8H11ClN2. The Morgan fingerprint density at radius 2 is 2.36 bits per heavy atom. The third kappa shape index (κ3) is 0.968. The highest BCUT2D eigenvalue weighted by atomic mass is 35.5. The number of rotatable bonds is 1. The molecule has 1 aromatic heterocycles. The van der Waals surface area contributed by atoms with Gasteiger partial charge in [0.1, 0.15) is 5.15 Å². The number of hydrogen-bond donors (Lipinski definition) is 0. The molecule has 0 fully saturated rings. The van der Waals surface area contributed by atoms with Crippen molar-refractivity contribution >= 4 is 11.6 Å². The van der Waals surface area contributed by atoms with Crippen LogP contribution in [-0.2, 0) is 19.4 Å². The number of aromatic nitrogens is 2. The third-order valence-electron chi connectivity index (χ3n) is 2.21. The molecule has 0 atom stereocenters. The highest BCUT2D eigenvalue weighted by molar-refractivity contribution is 6.30. The average molecular weight is 171 g/mol. The Labute approximate surface area is 71.2 Å². The van der Waals surface area contributed by atoms with Crippen molar-refractivity contribution in [1.82, 2.24) is 9.78 Å². The lowest BCUT2D eigenvalue weighted by Gasteiger charge is -1.97. The minimum Gasteiger partial charge on any atom is -0.254 e. The van der Waals surface area contributed by atoms with Gasteiger partial charge in [-0.15, -0.1) is 0 Å². The average Bonchev–Trinajstić information content (AvgIpc) is 2.53. The van der Waals surface area contributed by atoms with Crippen molar-refractivity contribution in [3.8, 4) is 0 Å². The molecule has 0 aromatic carbocycles. The topological polar surface area (TPSA) is 17.8 Å². The van der Waals surface area contributed by atoms with Crippen molar-refractivity contribution in [3.63, 3.8) is 0 Å². The van der Waals surface area contributed by atoms with Crippen LogP contribution < -0.4 is 0 Å². The van der Waals surface area contributed by atoms with Crippen LogP contribution >= 0.6 is 11.6 Å². The van der Waals surface area contributed by atoms with Crippen molar-refractivity contribution in [2.45, 2.75) is 32.7 Å². The van der Waals surface area contributed by atoms with Crippen molar-refractivity contribution in [3.05, 3.63) is 16.4 Å². The SMILES string of the molecule is CCn1nc2c(c1Cl)CCC2. The van der Waals surface area contributed by atoms with Gasteiger partial charge in [0.2, 0.25) is 0 Å². The van der Waals surface area contributed by atoms with Gasteiger partial charge in [0.25, 0.3) is 0 Å². The van der Waals surface area contributed by atoms with Crippen LogP contribution in [-0.4, -0.2) is 9.78 Å². The van der Waals surface area contributed by atoms with Gasteiger partial charge in [-0.25, -0.2) is 0 Å². The Bertz CT molecular complexity index is 277. The molecule has 2 rings (SSSR count). The summed E-state index contributed by atoms with van der Waals surface area (Å²) in [6.07, 6.45) is 3.46. The summed E-state index contributed by atoms with van der Waals surface area (Å²) >= 11 is 6.07. The van der Waals surface area contributed by atoms with E-state index in [2.05, 4.69) is 12.0 Å². The molecule has 11 heavy (non-hydrogen) atoms. The lowest BCUT2D eigenvalue weighted by Crippen LogP contribution is -1.97. The second-order valence-corrected chi connectivity index (χ2v) is 3.24. The van der Waals surface area contributed by atoms with Gasteiger partial charge in [0.05, 0.1) is 5.69 Å². The van der Waals surface area contributed by atoms with Gasteiger partial charge in [0.15, 0.2) is 0 Å². The summed E-state index contributed by atoms with van der Waals surface area (Å²) in [5.74, 6) is 0. The zero-order valence-electron chi connectivity index (χ0n) is 6.60. The first-order valence-electron chi connectivity index (χ1n) is 4.07. The van der Waals surface area contributed by atoms with Gasteiger partial charge in [-0.1, -0.05) is 11.6 Å². The summed E-state index contributed by atoms with van der Waals surface area (Å²) in [7, 11) is 0. The van der Waals surface area contributed by atoms with Crippen molar-refractivity contribution in [1.29, 1.82) is 0 Å². The van der Waals surface area contributed by atoms with Gasteiger partial charge in [-0.3, -0.25) is 4.68 Å². The molecular weight excluding hydrogens is 160 g/mol. The predicted octanol–water partition coefficient (Wildman–Crippen LogP) is 2.05. The number of halogens is 1. The molecule has 1 aliphatic rings. The minimum atomic E-state index is 0.861. The van der Waals surface area contributed by atoms with Crippen LogP contribution in [0.15, 0.2) is 0 Å². The third-order valence-corrected chi connectivity index (χ3v) is 2.63. The second-order valence-electron chi connectivity index (χ2n) is 2.89. The first-order chi connectivity index (χ1) is 5.33. The van der Waals surface area contributed by atoms with Crippen molar-refractivity contribution in [2.24, 2.45) is 0 Å². The predicted molar refractivity (Wildman–Crippen MR) is 44.9 cm³/mol. The summed E-state index contributed by atoms with van der Waals surface area (Å²) in [6, 6.07) is 0. The number of hydrogen-bond acceptors (Lipinski definition) is 1. The van der Waals surface area contributed by atoms with E-state index in [-0.39, 0.29) is 0 Å². The van der Waals surface area contributed by atoms with Crippen LogP contribution in [0.2, 0.25) is 5.15 Å². The second kappa shape index (κ2) is 2.52. The summed E-state index contributed by atoms with van der Waals surface area (Å²) in [5.41, 5.74) is 2.50. The van der Waals surface area contributed by atoms with E-state index in [1.165, 1.54) is 17.7 Å². The van der Waals surface area contributed by atoms with Crippen molar-refractivity contribution in [2.75, 3.05) is 0 Å². The molecule has 0 spiro atoms. The van der Waals surface area contributed by atoms with Crippen LogP contribution in [0.4, 0.5) is 0 Å². The molecule has 0 unspecified atom stereocenters. The molecule has 1 heterocycles. The Morgan fingerprint density at radius 3 is 3.00 bits per heavy atom. The van der Waals surface area contributed by atoms with Gasteiger partial charge in [0, 0.05) is 12.1 Å². The Kier molecular flexibility index (Phi) is 1.64. The number of fused-ring (bicyclic) bond motifs is 1. The molecule has 0 radical (unpaired) electrons. The Morgan fingerprint density at radius 1 is 1.55 bits per heavy atom. The highest BCUT2D eigenvalue weighted by Gasteiger charge is 2.19. The molecule has 3 heteroatoms. The van der Waals surface area contributed by atoms with Crippen molar-refractivity contribution < 1.29 is 0 Å². The summed E-state index contributed by atoms with van der Waals surface area (Å²) in [6.45, 7) is 2.94. The highest BCUT2D eigenvalue weighted by Crippen LogP contribution is 2.27.